The Hall–Kier alpha value is -1.80. The SMILES string of the molecule is CCOC(=O)CCNc1ccc(N)cc1S(N)(=O)=O. The second-order valence-corrected chi connectivity index (χ2v) is 5.31. The fraction of sp³-hybridized carbons (Fsp3) is 0.364. The topological polar surface area (TPSA) is 125 Å². The fourth-order valence-corrected chi connectivity index (χ4v) is 2.20. The standard InChI is InChI=1S/C11H17N3O4S/c1-2-18-11(15)5-6-14-9-4-3-8(12)7-10(9)19(13,16)17/h3-4,7,14H,2,5-6,12H2,1H3,(H2,13,16,17). The first kappa shape index (κ1) is 15.3. The van der Waals surface area contributed by atoms with Crippen molar-refractivity contribution in [2.75, 3.05) is 24.2 Å². The molecule has 0 heterocycles. The largest absolute Gasteiger partial charge is 0.466 e. The van der Waals surface area contributed by atoms with Crippen molar-refractivity contribution in [1.82, 2.24) is 0 Å². The van der Waals surface area contributed by atoms with Crippen LogP contribution in [0.1, 0.15) is 13.3 Å². The van der Waals surface area contributed by atoms with Gasteiger partial charge in [-0.15, -0.1) is 0 Å². The minimum atomic E-state index is -3.88. The number of ether oxygens (including phenoxy) is 1. The first-order chi connectivity index (χ1) is 8.84. The van der Waals surface area contributed by atoms with Crippen LogP contribution in [0.3, 0.4) is 0 Å². The van der Waals surface area contributed by atoms with E-state index in [2.05, 4.69) is 5.32 Å². The van der Waals surface area contributed by atoms with Gasteiger partial charge in [0, 0.05) is 12.2 Å². The van der Waals surface area contributed by atoms with E-state index in [0.29, 0.717) is 18.0 Å². The van der Waals surface area contributed by atoms with Crippen molar-refractivity contribution >= 4 is 27.4 Å². The average Bonchev–Trinajstić information content (AvgIpc) is 2.30. The molecule has 0 amide bonds. The molecule has 0 atom stereocenters. The van der Waals surface area contributed by atoms with Crippen LogP contribution in [0.15, 0.2) is 23.1 Å². The molecule has 19 heavy (non-hydrogen) atoms. The van der Waals surface area contributed by atoms with E-state index in [4.69, 9.17) is 15.6 Å². The lowest BCUT2D eigenvalue weighted by molar-refractivity contribution is -0.142. The third-order valence-corrected chi connectivity index (χ3v) is 3.21. The summed E-state index contributed by atoms with van der Waals surface area (Å²) in [4.78, 5) is 11.0. The number of primary sulfonamides is 1. The molecule has 1 aromatic carbocycles. The van der Waals surface area contributed by atoms with E-state index in [1.54, 1.807) is 13.0 Å². The molecule has 0 saturated carbocycles. The van der Waals surface area contributed by atoms with Gasteiger partial charge in [0.25, 0.3) is 0 Å². The van der Waals surface area contributed by atoms with Crippen molar-refractivity contribution in [3.63, 3.8) is 0 Å². The van der Waals surface area contributed by atoms with Gasteiger partial charge in [-0.2, -0.15) is 0 Å². The summed E-state index contributed by atoms with van der Waals surface area (Å²) in [5, 5.41) is 7.91. The lowest BCUT2D eigenvalue weighted by atomic mass is 10.3. The van der Waals surface area contributed by atoms with Crippen LogP contribution in [-0.2, 0) is 19.6 Å². The Balaban J connectivity index is 2.76. The van der Waals surface area contributed by atoms with E-state index in [-0.39, 0.29) is 23.8 Å². The molecule has 0 fully saturated rings. The normalized spacial score (nSPS) is 11.1. The molecule has 0 spiro atoms. The summed E-state index contributed by atoms with van der Waals surface area (Å²) in [5.74, 6) is -0.359. The number of benzene rings is 1. The molecule has 1 aromatic rings. The number of carbonyl (C=O) groups excluding carboxylic acids is 1. The molecule has 0 radical (unpaired) electrons. The van der Waals surface area contributed by atoms with Crippen LogP contribution in [0.5, 0.6) is 0 Å². The highest BCUT2D eigenvalue weighted by Crippen LogP contribution is 2.22. The number of nitrogens with one attached hydrogen (secondary N) is 1. The van der Waals surface area contributed by atoms with Crippen molar-refractivity contribution in [2.45, 2.75) is 18.2 Å². The van der Waals surface area contributed by atoms with Gasteiger partial charge in [0.05, 0.1) is 18.7 Å². The summed E-state index contributed by atoms with van der Waals surface area (Å²) in [6.45, 7) is 2.26. The van der Waals surface area contributed by atoms with Crippen LogP contribution in [0, 0.1) is 0 Å². The van der Waals surface area contributed by atoms with Crippen molar-refractivity contribution in [3.05, 3.63) is 18.2 Å². The third kappa shape index (κ3) is 4.76. The molecule has 8 heteroatoms. The minimum Gasteiger partial charge on any atom is -0.466 e. The first-order valence-corrected chi connectivity index (χ1v) is 7.21. The second kappa shape index (κ2) is 6.39. The summed E-state index contributed by atoms with van der Waals surface area (Å²) < 4.78 is 27.5. The summed E-state index contributed by atoms with van der Waals surface area (Å²) in [6, 6.07) is 4.31. The Morgan fingerprint density at radius 3 is 2.68 bits per heavy atom. The van der Waals surface area contributed by atoms with Gasteiger partial charge in [0.2, 0.25) is 10.0 Å². The number of rotatable bonds is 6. The van der Waals surface area contributed by atoms with Crippen LogP contribution in [0.4, 0.5) is 11.4 Å². The number of anilines is 2. The Morgan fingerprint density at radius 1 is 1.42 bits per heavy atom. The third-order valence-electron chi connectivity index (χ3n) is 2.26. The van der Waals surface area contributed by atoms with E-state index in [0.717, 1.165) is 0 Å². The predicted molar refractivity (Wildman–Crippen MR) is 72.0 cm³/mol. The van der Waals surface area contributed by atoms with Gasteiger partial charge < -0.3 is 15.8 Å². The average molecular weight is 287 g/mol. The molecule has 0 saturated heterocycles. The van der Waals surface area contributed by atoms with Crippen molar-refractivity contribution in [2.24, 2.45) is 5.14 Å². The molecule has 106 valence electrons. The Morgan fingerprint density at radius 2 is 2.11 bits per heavy atom. The monoisotopic (exact) mass is 287 g/mol. The molecular formula is C11H17N3O4S. The number of hydrogen-bond acceptors (Lipinski definition) is 6. The molecule has 0 aromatic heterocycles. The highest BCUT2D eigenvalue weighted by atomic mass is 32.2. The second-order valence-electron chi connectivity index (χ2n) is 3.78. The Kier molecular flexibility index (Phi) is 5.13. The number of carbonyl (C=O) groups is 1. The number of nitrogen functional groups attached to an aromatic ring is 1. The molecule has 5 N–H and O–H groups in total. The van der Waals surface area contributed by atoms with Crippen LogP contribution < -0.4 is 16.2 Å². The predicted octanol–water partition coefficient (Wildman–Crippen LogP) is 0.281. The molecule has 0 aliphatic heterocycles. The van der Waals surface area contributed by atoms with Crippen molar-refractivity contribution in [3.8, 4) is 0 Å². The summed E-state index contributed by atoms with van der Waals surface area (Å²) >= 11 is 0. The quantitative estimate of drug-likeness (QED) is 0.510. The Labute approximate surface area is 112 Å². The zero-order valence-corrected chi connectivity index (χ0v) is 11.4. The number of hydrogen-bond donors (Lipinski definition) is 3. The number of sulfonamides is 1. The van der Waals surface area contributed by atoms with Gasteiger partial charge >= 0.3 is 5.97 Å². The van der Waals surface area contributed by atoms with Gasteiger partial charge in [0.15, 0.2) is 0 Å². The molecule has 0 unspecified atom stereocenters. The van der Waals surface area contributed by atoms with Gasteiger partial charge in [0.1, 0.15) is 4.90 Å². The fourth-order valence-electron chi connectivity index (χ4n) is 1.45. The van der Waals surface area contributed by atoms with Gasteiger partial charge in [-0.1, -0.05) is 0 Å². The van der Waals surface area contributed by atoms with Gasteiger partial charge in [-0.25, -0.2) is 13.6 Å². The summed E-state index contributed by atoms with van der Waals surface area (Å²) in [5.41, 5.74) is 6.12. The van der Waals surface area contributed by atoms with Crippen LogP contribution in [0.2, 0.25) is 0 Å². The van der Waals surface area contributed by atoms with Crippen molar-refractivity contribution < 1.29 is 17.9 Å². The van der Waals surface area contributed by atoms with Crippen LogP contribution in [-0.4, -0.2) is 27.5 Å². The van der Waals surface area contributed by atoms with E-state index in [1.807, 2.05) is 0 Å². The number of nitrogens with two attached hydrogens (primary N) is 2. The Bertz CT molecular complexity index is 557. The maximum Gasteiger partial charge on any atom is 0.307 e. The van der Waals surface area contributed by atoms with Crippen LogP contribution in [0.25, 0.3) is 0 Å². The van der Waals surface area contributed by atoms with E-state index >= 15 is 0 Å². The molecular weight excluding hydrogens is 270 g/mol. The summed E-state index contributed by atoms with van der Waals surface area (Å²) in [6.07, 6.45) is 0.127. The van der Waals surface area contributed by atoms with E-state index in [9.17, 15) is 13.2 Å². The number of esters is 1. The van der Waals surface area contributed by atoms with Crippen LogP contribution >= 0.6 is 0 Å². The molecule has 7 nitrogen and oxygen atoms in total. The van der Waals surface area contributed by atoms with E-state index < -0.39 is 10.0 Å². The molecule has 0 bridgehead atoms. The van der Waals surface area contributed by atoms with Crippen molar-refractivity contribution in [1.29, 1.82) is 0 Å². The maximum absolute atomic E-state index is 11.4. The van der Waals surface area contributed by atoms with Gasteiger partial charge in [-0.3, -0.25) is 4.79 Å². The molecule has 1 rings (SSSR count). The first-order valence-electron chi connectivity index (χ1n) is 5.66. The zero-order valence-electron chi connectivity index (χ0n) is 10.5. The molecule has 0 aliphatic rings. The zero-order chi connectivity index (χ0) is 14.5. The van der Waals surface area contributed by atoms with Gasteiger partial charge in [-0.05, 0) is 25.1 Å². The summed E-state index contributed by atoms with van der Waals surface area (Å²) in [7, 11) is -3.88. The minimum absolute atomic E-state index is 0.101. The smallest absolute Gasteiger partial charge is 0.307 e. The molecule has 0 aliphatic carbocycles. The maximum atomic E-state index is 11.4. The lowest BCUT2D eigenvalue weighted by Gasteiger charge is -2.11. The van der Waals surface area contributed by atoms with E-state index in [1.165, 1.54) is 12.1 Å². The lowest BCUT2D eigenvalue weighted by Crippen LogP contribution is -2.17. The highest BCUT2D eigenvalue weighted by molar-refractivity contribution is 7.89. The highest BCUT2D eigenvalue weighted by Gasteiger charge is 2.14.